The number of nitrogens with two attached hydrogens (primary N) is 1. The largest absolute Gasteiger partial charge is 0.446 e. The number of rotatable bonds is 6. The Balaban J connectivity index is 1.76. The Morgan fingerprint density at radius 1 is 1.32 bits per heavy atom. The second-order valence-electron chi connectivity index (χ2n) is 7.81. The van der Waals surface area contributed by atoms with E-state index in [1.165, 1.54) is 30.5 Å². The van der Waals surface area contributed by atoms with Crippen LogP contribution in [0.1, 0.15) is 49.5 Å². The van der Waals surface area contributed by atoms with Gasteiger partial charge in [0.1, 0.15) is 17.5 Å². The van der Waals surface area contributed by atoms with E-state index in [0.717, 1.165) is 0 Å². The third kappa shape index (κ3) is 5.51. The summed E-state index contributed by atoms with van der Waals surface area (Å²) in [6.07, 6.45) is 2.09. The van der Waals surface area contributed by atoms with Crippen molar-refractivity contribution in [2.45, 2.75) is 51.3 Å². The second-order valence-corrected chi connectivity index (χ2v) is 7.81. The summed E-state index contributed by atoms with van der Waals surface area (Å²) >= 11 is 0. The number of nitrogens with zero attached hydrogens (tertiary/aromatic N) is 3. The number of halogens is 1. The molecule has 0 aliphatic heterocycles. The van der Waals surface area contributed by atoms with Gasteiger partial charge in [-0.05, 0) is 51.0 Å². The lowest BCUT2D eigenvalue weighted by Crippen LogP contribution is -2.37. The van der Waals surface area contributed by atoms with Crippen LogP contribution in [0.15, 0.2) is 30.5 Å². The molecule has 1 aromatic heterocycles. The number of benzene rings is 1. The van der Waals surface area contributed by atoms with Crippen molar-refractivity contribution >= 4 is 23.5 Å². The van der Waals surface area contributed by atoms with Gasteiger partial charge in [0.25, 0.3) is 5.91 Å². The summed E-state index contributed by atoms with van der Waals surface area (Å²) in [6, 6.07) is 7.51. The number of hydrogen-bond donors (Lipinski definition) is 3. The zero-order valence-corrected chi connectivity index (χ0v) is 17.3. The summed E-state index contributed by atoms with van der Waals surface area (Å²) in [5.41, 5.74) is 6.20. The van der Waals surface area contributed by atoms with Gasteiger partial charge in [-0.3, -0.25) is 9.48 Å². The molecule has 3 atom stereocenters. The van der Waals surface area contributed by atoms with Crippen molar-refractivity contribution in [3.63, 3.8) is 0 Å². The number of ether oxygens (including phenoxy) is 1. The highest BCUT2D eigenvalue weighted by atomic mass is 19.1. The molecular weight excluding hydrogens is 403 g/mol. The molecule has 164 valence electrons. The van der Waals surface area contributed by atoms with Gasteiger partial charge in [0.05, 0.1) is 18.0 Å². The van der Waals surface area contributed by atoms with Crippen LogP contribution in [0.3, 0.4) is 0 Å². The van der Waals surface area contributed by atoms with Crippen molar-refractivity contribution in [2.75, 3.05) is 5.32 Å². The standard InChI is InChI=1S/C21H25FN6O3/c1-12(2)25-21(30)31-16-7-8-18(13(9-16)10-23)28-11-17(19(24)29)20(27-28)26-15-5-3-14(22)4-6-15/h3-6,11-13,16,18H,7-9H2,1-2H3,(H2,24,29)(H,25,30)(H,26,27)/t13-,16+,18+/m1/s1. The Morgan fingerprint density at radius 3 is 2.65 bits per heavy atom. The SMILES string of the molecule is CC(C)NC(=O)O[C@H]1CC[C@H](n2cc(C(N)=O)c(Nc3ccc(F)cc3)n2)[C@@H](C#N)C1. The lowest BCUT2D eigenvalue weighted by atomic mass is 9.83. The quantitative estimate of drug-likeness (QED) is 0.646. The van der Waals surface area contributed by atoms with Crippen molar-refractivity contribution in [1.82, 2.24) is 15.1 Å². The van der Waals surface area contributed by atoms with Crippen LogP contribution in [0.4, 0.5) is 20.7 Å². The number of anilines is 2. The minimum absolute atomic E-state index is 0.0427. The highest BCUT2D eigenvalue weighted by Crippen LogP contribution is 2.36. The first-order chi connectivity index (χ1) is 14.8. The van der Waals surface area contributed by atoms with Crippen LogP contribution in [-0.2, 0) is 4.74 Å². The molecule has 10 heteroatoms. The molecular formula is C21H25FN6O3. The Bertz CT molecular complexity index is 982. The Labute approximate surface area is 179 Å². The molecule has 1 aliphatic carbocycles. The molecule has 0 unspecified atom stereocenters. The smallest absolute Gasteiger partial charge is 0.407 e. The van der Waals surface area contributed by atoms with Crippen LogP contribution in [0.5, 0.6) is 0 Å². The van der Waals surface area contributed by atoms with Crippen molar-refractivity contribution in [2.24, 2.45) is 11.7 Å². The predicted octanol–water partition coefficient (Wildman–Crippen LogP) is 3.23. The topological polar surface area (TPSA) is 135 Å². The first kappa shape index (κ1) is 22.1. The van der Waals surface area contributed by atoms with Gasteiger partial charge in [-0.1, -0.05) is 0 Å². The number of carbonyl (C=O) groups excluding carboxylic acids is 2. The summed E-state index contributed by atoms with van der Waals surface area (Å²) in [4.78, 5) is 23.8. The number of nitrogens with one attached hydrogen (secondary N) is 2. The third-order valence-electron chi connectivity index (χ3n) is 5.06. The maximum absolute atomic E-state index is 13.1. The van der Waals surface area contributed by atoms with Crippen LogP contribution in [0.2, 0.25) is 0 Å². The molecule has 0 spiro atoms. The zero-order chi connectivity index (χ0) is 22.5. The number of amides is 2. The predicted molar refractivity (Wildman–Crippen MR) is 111 cm³/mol. The van der Waals surface area contributed by atoms with E-state index in [-0.39, 0.29) is 35.4 Å². The molecule has 0 radical (unpaired) electrons. The monoisotopic (exact) mass is 428 g/mol. The molecule has 31 heavy (non-hydrogen) atoms. The van der Waals surface area contributed by atoms with E-state index in [1.54, 1.807) is 4.68 Å². The highest BCUT2D eigenvalue weighted by molar-refractivity contribution is 5.98. The molecule has 1 aliphatic rings. The molecule has 9 nitrogen and oxygen atoms in total. The van der Waals surface area contributed by atoms with Gasteiger partial charge in [0, 0.05) is 24.3 Å². The van der Waals surface area contributed by atoms with Crippen LogP contribution in [-0.4, -0.2) is 33.9 Å². The molecule has 0 saturated heterocycles. The van der Waals surface area contributed by atoms with Crippen LogP contribution in [0, 0.1) is 23.1 Å². The van der Waals surface area contributed by atoms with Gasteiger partial charge in [-0.25, -0.2) is 9.18 Å². The molecule has 2 amide bonds. The van der Waals surface area contributed by atoms with Crippen LogP contribution >= 0.6 is 0 Å². The summed E-state index contributed by atoms with van der Waals surface area (Å²) in [6.45, 7) is 3.67. The van der Waals surface area contributed by atoms with Gasteiger partial charge in [-0.15, -0.1) is 0 Å². The Kier molecular flexibility index (Phi) is 6.74. The zero-order valence-electron chi connectivity index (χ0n) is 17.3. The minimum atomic E-state index is -0.674. The second kappa shape index (κ2) is 9.47. The average Bonchev–Trinajstić information content (AvgIpc) is 3.12. The summed E-state index contributed by atoms with van der Waals surface area (Å²) in [5.74, 6) is -1.30. The maximum atomic E-state index is 13.1. The van der Waals surface area contributed by atoms with Crippen molar-refractivity contribution in [3.8, 4) is 6.07 Å². The Hall–Kier alpha value is -3.61. The Morgan fingerprint density at radius 2 is 2.03 bits per heavy atom. The minimum Gasteiger partial charge on any atom is -0.446 e. The van der Waals surface area contributed by atoms with E-state index in [1.807, 2.05) is 13.8 Å². The third-order valence-corrected chi connectivity index (χ3v) is 5.06. The maximum Gasteiger partial charge on any atom is 0.407 e. The first-order valence-electron chi connectivity index (χ1n) is 10.0. The molecule has 3 rings (SSSR count). The van der Waals surface area contributed by atoms with E-state index in [0.29, 0.717) is 24.9 Å². The summed E-state index contributed by atoms with van der Waals surface area (Å²) in [5, 5.41) is 19.8. The van der Waals surface area contributed by atoms with Gasteiger partial charge in [0.15, 0.2) is 5.82 Å². The fraction of sp³-hybridized carbons (Fsp3) is 0.429. The van der Waals surface area contributed by atoms with Gasteiger partial charge in [-0.2, -0.15) is 10.4 Å². The van der Waals surface area contributed by atoms with E-state index in [9.17, 15) is 19.2 Å². The fourth-order valence-electron chi connectivity index (χ4n) is 3.60. The molecule has 2 aromatic rings. The highest BCUT2D eigenvalue weighted by Gasteiger charge is 2.35. The van der Waals surface area contributed by atoms with Crippen LogP contribution < -0.4 is 16.4 Å². The van der Waals surface area contributed by atoms with E-state index >= 15 is 0 Å². The number of carbonyl (C=O) groups is 2. The average molecular weight is 428 g/mol. The van der Waals surface area contributed by atoms with Crippen molar-refractivity contribution < 1.29 is 18.7 Å². The number of aromatic nitrogens is 2. The number of primary amides is 1. The van der Waals surface area contributed by atoms with E-state index in [4.69, 9.17) is 10.5 Å². The molecule has 1 heterocycles. The fourth-order valence-corrected chi connectivity index (χ4v) is 3.60. The van der Waals surface area contributed by atoms with Gasteiger partial charge >= 0.3 is 6.09 Å². The lowest BCUT2D eigenvalue weighted by Gasteiger charge is -2.32. The normalized spacial score (nSPS) is 20.7. The number of nitriles is 1. The summed E-state index contributed by atoms with van der Waals surface area (Å²) < 4.78 is 20.1. The van der Waals surface area contributed by atoms with Gasteiger partial charge in [0.2, 0.25) is 0 Å². The van der Waals surface area contributed by atoms with E-state index < -0.39 is 17.9 Å². The first-order valence-corrected chi connectivity index (χ1v) is 10.0. The summed E-state index contributed by atoms with van der Waals surface area (Å²) in [7, 11) is 0. The van der Waals surface area contributed by atoms with E-state index in [2.05, 4.69) is 21.8 Å². The lowest BCUT2D eigenvalue weighted by molar-refractivity contribution is 0.0504. The van der Waals surface area contributed by atoms with Crippen LogP contribution in [0.25, 0.3) is 0 Å². The molecule has 1 fully saturated rings. The molecule has 1 aromatic carbocycles. The van der Waals surface area contributed by atoms with Crippen molar-refractivity contribution in [1.29, 1.82) is 5.26 Å². The molecule has 0 bridgehead atoms. The number of hydrogen-bond acceptors (Lipinski definition) is 6. The van der Waals surface area contributed by atoms with Crippen molar-refractivity contribution in [3.05, 3.63) is 41.8 Å². The molecule has 4 N–H and O–H groups in total. The number of alkyl carbamates (subject to hydrolysis) is 1. The van der Waals surface area contributed by atoms with Gasteiger partial charge < -0.3 is 21.1 Å². The molecule has 1 saturated carbocycles.